The number of benzene rings is 2. The summed E-state index contributed by atoms with van der Waals surface area (Å²) in [6, 6.07) is 11.1. The van der Waals surface area contributed by atoms with Crippen LogP contribution in [0.3, 0.4) is 0 Å². The molecule has 0 atom stereocenters. The number of nitrogens with zero attached hydrogens (tertiary/aromatic N) is 2. The highest BCUT2D eigenvalue weighted by Gasteiger charge is 2.15. The molecule has 0 unspecified atom stereocenters. The Kier molecular flexibility index (Phi) is 5.12. The molecule has 0 aliphatic carbocycles. The van der Waals surface area contributed by atoms with Crippen LogP contribution in [0, 0.1) is 0 Å². The number of nitrogens with one attached hydrogen (secondary N) is 1. The Hall–Kier alpha value is -3.42. The molecular weight excluding hydrogens is 338 g/mol. The zero-order valence-corrected chi connectivity index (χ0v) is 14.9. The number of hydrogen-bond acceptors (Lipinski definition) is 8. The van der Waals surface area contributed by atoms with Gasteiger partial charge < -0.3 is 28.8 Å². The van der Waals surface area contributed by atoms with Crippen LogP contribution in [0.1, 0.15) is 0 Å². The van der Waals surface area contributed by atoms with Crippen molar-refractivity contribution in [1.29, 1.82) is 0 Å². The van der Waals surface area contributed by atoms with Crippen LogP contribution in [0.2, 0.25) is 0 Å². The van der Waals surface area contributed by atoms with E-state index >= 15 is 0 Å². The molecule has 0 saturated heterocycles. The number of aromatic nitrogens is 2. The Morgan fingerprint density at radius 2 is 1.62 bits per heavy atom. The number of ether oxygens (including phenoxy) is 4. The van der Waals surface area contributed by atoms with Gasteiger partial charge in [-0.05, 0) is 12.1 Å². The third-order valence-electron chi connectivity index (χ3n) is 3.67. The Bertz CT molecular complexity index is 869. The number of methoxy groups -OCH3 is 4. The van der Waals surface area contributed by atoms with Crippen molar-refractivity contribution in [3.63, 3.8) is 0 Å². The summed E-state index contributed by atoms with van der Waals surface area (Å²) in [5.41, 5.74) is 1.44. The minimum atomic E-state index is 0.233. The molecule has 0 spiro atoms. The van der Waals surface area contributed by atoms with E-state index in [0.717, 1.165) is 5.56 Å². The molecule has 3 aromatic rings. The number of hydrogen-bond donors (Lipinski definition) is 1. The predicted molar refractivity (Wildman–Crippen MR) is 95.7 cm³/mol. The minimum Gasteiger partial charge on any atom is -0.497 e. The van der Waals surface area contributed by atoms with Crippen LogP contribution in [0.15, 0.2) is 40.9 Å². The van der Waals surface area contributed by atoms with E-state index in [1.165, 1.54) is 0 Å². The molecule has 1 heterocycles. The van der Waals surface area contributed by atoms with Crippen LogP contribution in [0.4, 0.5) is 11.7 Å². The van der Waals surface area contributed by atoms with E-state index in [0.29, 0.717) is 34.5 Å². The van der Waals surface area contributed by atoms with Crippen LogP contribution in [0.25, 0.3) is 11.4 Å². The fourth-order valence-electron chi connectivity index (χ4n) is 2.43. The van der Waals surface area contributed by atoms with Gasteiger partial charge in [-0.1, -0.05) is 17.3 Å². The molecule has 2 aromatic carbocycles. The third kappa shape index (κ3) is 3.49. The molecule has 0 aliphatic heterocycles. The van der Waals surface area contributed by atoms with Crippen LogP contribution in [-0.2, 0) is 0 Å². The lowest BCUT2D eigenvalue weighted by Gasteiger charge is -2.13. The highest BCUT2D eigenvalue weighted by molar-refractivity contribution is 5.66. The van der Waals surface area contributed by atoms with Gasteiger partial charge in [-0.3, -0.25) is 0 Å². The first kappa shape index (κ1) is 17.4. The van der Waals surface area contributed by atoms with Crippen LogP contribution < -0.4 is 24.3 Å². The van der Waals surface area contributed by atoms with Gasteiger partial charge in [-0.2, -0.15) is 4.98 Å². The maximum atomic E-state index is 5.33. The van der Waals surface area contributed by atoms with Gasteiger partial charge in [-0.25, -0.2) is 0 Å². The van der Waals surface area contributed by atoms with Crippen molar-refractivity contribution in [2.75, 3.05) is 33.8 Å². The maximum absolute atomic E-state index is 5.33. The maximum Gasteiger partial charge on any atom is 0.326 e. The molecule has 0 saturated carbocycles. The number of anilines is 2. The SMILES string of the molecule is COc1cccc(-c2noc(Nc3cc(OC)c(OC)c(OC)c3)n2)c1. The van der Waals surface area contributed by atoms with Crippen LogP contribution >= 0.6 is 0 Å². The molecule has 8 nitrogen and oxygen atoms in total. The van der Waals surface area contributed by atoms with Gasteiger partial charge in [-0.15, -0.1) is 0 Å². The monoisotopic (exact) mass is 357 g/mol. The van der Waals surface area contributed by atoms with Crippen LogP contribution in [-0.4, -0.2) is 38.6 Å². The van der Waals surface area contributed by atoms with E-state index in [2.05, 4.69) is 15.5 Å². The summed E-state index contributed by atoms with van der Waals surface area (Å²) >= 11 is 0. The first-order valence-corrected chi connectivity index (χ1v) is 7.73. The molecule has 8 heteroatoms. The smallest absolute Gasteiger partial charge is 0.326 e. The van der Waals surface area contributed by atoms with Crippen molar-refractivity contribution >= 4 is 11.7 Å². The molecule has 0 fully saturated rings. The van der Waals surface area contributed by atoms with Gasteiger partial charge in [0.2, 0.25) is 11.6 Å². The lowest BCUT2D eigenvalue weighted by molar-refractivity contribution is 0.324. The van der Waals surface area contributed by atoms with Crippen LogP contribution in [0.5, 0.6) is 23.0 Å². The second-order valence-corrected chi connectivity index (χ2v) is 5.19. The first-order chi connectivity index (χ1) is 12.7. The minimum absolute atomic E-state index is 0.233. The highest BCUT2D eigenvalue weighted by Crippen LogP contribution is 2.40. The van der Waals surface area contributed by atoms with Crippen molar-refractivity contribution in [1.82, 2.24) is 10.1 Å². The average molecular weight is 357 g/mol. The Morgan fingerprint density at radius 3 is 2.23 bits per heavy atom. The Morgan fingerprint density at radius 1 is 0.885 bits per heavy atom. The topological polar surface area (TPSA) is 87.9 Å². The highest BCUT2D eigenvalue weighted by atomic mass is 16.5. The molecule has 136 valence electrons. The van der Waals surface area contributed by atoms with Gasteiger partial charge in [0.15, 0.2) is 11.5 Å². The normalized spacial score (nSPS) is 10.3. The van der Waals surface area contributed by atoms with E-state index in [1.54, 1.807) is 40.6 Å². The van der Waals surface area contributed by atoms with Crippen molar-refractivity contribution < 1.29 is 23.5 Å². The summed E-state index contributed by atoms with van der Waals surface area (Å²) in [6.45, 7) is 0. The van der Waals surface area contributed by atoms with E-state index in [4.69, 9.17) is 23.5 Å². The van der Waals surface area contributed by atoms with Gasteiger partial charge in [0.05, 0.1) is 34.1 Å². The second-order valence-electron chi connectivity index (χ2n) is 5.19. The molecule has 0 aliphatic rings. The van der Waals surface area contributed by atoms with Crippen molar-refractivity contribution in [3.05, 3.63) is 36.4 Å². The molecule has 0 radical (unpaired) electrons. The molecule has 1 aromatic heterocycles. The largest absolute Gasteiger partial charge is 0.497 e. The Labute approximate surface area is 150 Å². The van der Waals surface area contributed by atoms with E-state index in [-0.39, 0.29) is 6.01 Å². The van der Waals surface area contributed by atoms with Crippen molar-refractivity contribution in [2.45, 2.75) is 0 Å². The summed E-state index contributed by atoms with van der Waals surface area (Å²) in [5.74, 6) is 2.69. The molecule has 0 bridgehead atoms. The number of rotatable bonds is 7. The average Bonchev–Trinajstić information content (AvgIpc) is 3.15. The third-order valence-corrected chi connectivity index (χ3v) is 3.67. The summed E-state index contributed by atoms with van der Waals surface area (Å²) in [4.78, 5) is 4.35. The lowest BCUT2D eigenvalue weighted by atomic mass is 10.2. The van der Waals surface area contributed by atoms with E-state index < -0.39 is 0 Å². The fraction of sp³-hybridized carbons (Fsp3) is 0.222. The zero-order valence-electron chi connectivity index (χ0n) is 14.9. The lowest BCUT2D eigenvalue weighted by Crippen LogP contribution is -1.98. The second kappa shape index (κ2) is 7.64. The van der Waals surface area contributed by atoms with Gasteiger partial charge >= 0.3 is 6.01 Å². The molecule has 3 rings (SSSR count). The van der Waals surface area contributed by atoms with Crippen molar-refractivity contribution in [2.24, 2.45) is 0 Å². The molecule has 26 heavy (non-hydrogen) atoms. The van der Waals surface area contributed by atoms with Gasteiger partial charge in [0.1, 0.15) is 5.75 Å². The molecule has 0 amide bonds. The van der Waals surface area contributed by atoms with Crippen molar-refractivity contribution in [3.8, 4) is 34.4 Å². The molecule has 1 N–H and O–H groups in total. The summed E-state index contributed by atoms with van der Waals surface area (Å²) < 4.78 is 26.5. The summed E-state index contributed by atoms with van der Waals surface area (Å²) in [7, 11) is 6.25. The quantitative estimate of drug-likeness (QED) is 0.687. The standard InChI is InChI=1S/C18H19N3O5/c1-22-13-7-5-6-11(8-13)17-20-18(26-21-17)19-12-9-14(23-2)16(25-4)15(10-12)24-3/h5-10H,1-4H3,(H,19,20,21). The molecular formula is C18H19N3O5. The fourth-order valence-corrected chi connectivity index (χ4v) is 2.43. The van der Waals surface area contributed by atoms with E-state index in [1.807, 2.05) is 24.3 Å². The van der Waals surface area contributed by atoms with Gasteiger partial charge in [0, 0.05) is 17.7 Å². The summed E-state index contributed by atoms with van der Waals surface area (Å²) in [5, 5.41) is 7.02. The zero-order chi connectivity index (χ0) is 18.5. The Balaban J connectivity index is 1.87. The van der Waals surface area contributed by atoms with E-state index in [9.17, 15) is 0 Å². The predicted octanol–water partition coefficient (Wildman–Crippen LogP) is 3.51. The first-order valence-electron chi connectivity index (χ1n) is 7.73. The summed E-state index contributed by atoms with van der Waals surface area (Å²) in [6.07, 6.45) is 0. The van der Waals surface area contributed by atoms with Gasteiger partial charge in [0.25, 0.3) is 0 Å².